The van der Waals surface area contributed by atoms with E-state index in [2.05, 4.69) is 10.2 Å². The molecule has 1 aliphatic rings. The Balaban J connectivity index is 1.48. The summed E-state index contributed by atoms with van der Waals surface area (Å²) in [4.78, 5) is 0. The Labute approximate surface area is 154 Å². The second-order valence-electron chi connectivity index (χ2n) is 5.42. The summed E-state index contributed by atoms with van der Waals surface area (Å²) in [7, 11) is 3.19. The Morgan fingerprint density at radius 2 is 1.88 bits per heavy atom. The molecule has 8 heteroatoms. The highest BCUT2D eigenvalue weighted by Crippen LogP contribution is 2.36. The SMILES string of the molecule is COc1ccc(-c2nnc(SCc3ccc4c(c3)OCO4)o2)c(OC)c1. The fourth-order valence-electron chi connectivity index (χ4n) is 2.53. The van der Waals surface area contributed by atoms with Gasteiger partial charge in [-0.2, -0.15) is 0 Å². The van der Waals surface area contributed by atoms with E-state index in [0.29, 0.717) is 28.4 Å². The predicted octanol–water partition coefficient (Wildman–Crippen LogP) is 3.77. The summed E-state index contributed by atoms with van der Waals surface area (Å²) < 4.78 is 27.1. The van der Waals surface area contributed by atoms with Crippen LogP contribution < -0.4 is 18.9 Å². The third-order valence-electron chi connectivity index (χ3n) is 3.84. The van der Waals surface area contributed by atoms with E-state index in [1.165, 1.54) is 11.8 Å². The van der Waals surface area contributed by atoms with Crippen molar-refractivity contribution in [1.82, 2.24) is 10.2 Å². The van der Waals surface area contributed by atoms with Crippen LogP contribution in [0.2, 0.25) is 0 Å². The molecule has 1 aromatic heterocycles. The van der Waals surface area contributed by atoms with Crippen molar-refractivity contribution in [3.63, 3.8) is 0 Å². The van der Waals surface area contributed by atoms with Crippen molar-refractivity contribution in [3.05, 3.63) is 42.0 Å². The van der Waals surface area contributed by atoms with Crippen LogP contribution in [0.25, 0.3) is 11.5 Å². The molecule has 0 N–H and O–H groups in total. The van der Waals surface area contributed by atoms with Gasteiger partial charge in [0, 0.05) is 11.8 Å². The zero-order valence-corrected chi connectivity index (χ0v) is 15.0. The molecule has 0 fully saturated rings. The lowest BCUT2D eigenvalue weighted by molar-refractivity contribution is 0.174. The second-order valence-corrected chi connectivity index (χ2v) is 6.34. The summed E-state index contributed by atoms with van der Waals surface area (Å²) in [5.74, 6) is 3.92. The summed E-state index contributed by atoms with van der Waals surface area (Å²) in [6.07, 6.45) is 0. The molecule has 0 radical (unpaired) electrons. The van der Waals surface area contributed by atoms with Crippen LogP contribution >= 0.6 is 11.8 Å². The first-order valence-electron chi connectivity index (χ1n) is 7.84. The molecule has 0 amide bonds. The third-order valence-corrected chi connectivity index (χ3v) is 4.73. The molecule has 0 bridgehead atoms. The van der Waals surface area contributed by atoms with Gasteiger partial charge in [-0.05, 0) is 29.8 Å². The van der Waals surface area contributed by atoms with Crippen molar-refractivity contribution >= 4 is 11.8 Å². The van der Waals surface area contributed by atoms with Gasteiger partial charge in [0.1, 0.15) is 11.5 Å². The number of fused-ring (bicyclic) bond motifs is 1. The number of hydrogen-bond donors (Lipinski definition) is 0. The minimum Gasteiger partial charge on any atom is -0.497 e. The van der Waals surface area contributed by atoms with Crippen molar-refractivity contribution in [2.24, 2.45) is 0 Å². The van der Waals surface area contributed by atoms with Crippen LogP contribution in [0, 0.1) is 0 Å². The van der Waals surface area contributed by atoms with Crippen LogP contribution in [0.5, 0.6) is 23.0 Å². The lowest BCUT2D eigenvalue weighted by Crippen LogP contribution is -1.92. The fraction of sp³-hybridized carbons (Fsp3) is 0.222. The zero-order valence-electron chi connectivity index (χ0n) is 14.2. The van der Waals surface area contributed by atoms with E-state index in [-0.39, 0.29) is 6.79 Å². The molecule has 134 valence electrons. The lowest BCUT2D eigenvalue weighted by Gasteiger charge is -2.07. The van der Waals surface area contributed by atoms with Crippen LogP contribution in [0.4, 0.5) is 0 Å². The summed E-state index contributed by atoms with van der Waals surface area (Å²) in [5.41, 5.74) is 1.80. The van der Waals surface area contributed by atoms with Crippen molar-refractivity contribution in [2.75, 3.05) is 21.0 Å². The molecule has 0 aliphatic carbocycles. The summed E-state index contributed by atoms with van der Waals surface area (Å²) >= 11 is 1.45. The van der Waals surface area contributed by atoms with Crippen molar-refractivity contribution in [2.45, 2.75) is 11.0 Å². The van der Waals surface area contributed by atoms with Gasteiger partial charge >= 0.3 is 0 Å². The van der Waals surface area contributed by atoms with Crippen LogP contribution in [-0.2, 0) is 5.75 Å². The molecule has 2 aromatic carbocycles. The number of benzene rings is 2. The Bertz CT molecular complexity index is 928. The quantitative estimate of drug-likeness (QED) is 0.605. The molecule has 7 nitrogen and oxygen atoms in total. The summed E-state index contributed by atoms with van der Waals surface area (Å²) in [5, 5.41) is 8.70. The minimum atomic E-state index is 0.267. The van der Waals surface area contributed by atoms with Crippen LogP contribution in [-0.4, -0.2) is 31.2 Å². The van der Waals surface area contributed by atoms with E-state index in [4.69, 9.17) is 23.4 Å². The molecular formula is C18H16N2O5S. The Kier molecular flexibility index (Phi) is 4.57. The standard InChI is InChI=1S/C18H16N2O5S/c1-21-12-4-5-13(15(8-12)22-2)17-19-20-18(25-17)26-9-11-3-6-14-16(7-11)24-10-23-14/h3-8H,9-10H2,1-2H3. The van der Waals surface area contributed by atoms with Crippen molar-refractivity contribution in [1.29, 1.82) is 0 Å². The average molecular weight is 372 g/mol. The molecule has 3 aromatic rings. The highest BCUT2D eigenvalue weighted by Gasteiger charge is 2.16. The molecule has 0 spiro atoms. The molecular weight excluding hydrogens is 356 g/mol. The van der Waals surface area contributed by atoms with E-state index >= 15 is 0 Å². The smallest absolute Gasteiger partial charge is 0.277 e. The molecule has 0 saturated carbocycles. The van der Waals surface area contributed by atoms with Gasteiger partial charge in [-0.1, -0.05) is 17.8 Å². The number of methoxy groups -OCH3 is 2. The van der Waals surface area contributed by atoms with Crippen molar-refractivity contribution in [3.8, 4) is 34.5 Å². The van der Waals surface area contributed by atoms with Gasteiger partial charge < -0.3 is 23.4 Å². The van der Waals surface area contributed by atoms with Gasteiger partial charge in [0.05, 0.1) is 19.8 Å². The van der Waals surface area contributed by atoms with Crippen LogP contribution in [0.1, 0.15) is 5.56 Å². The lowest BCUT2D eigenvalue weighted by atomic mass is 10.2. The Hall–Kier alpha value is -2.87. The monoisotopic (exact) mass is 372 g/mol. The summed E-state index contributed by atoms with van der Waals surface area (Å²) in [6, 6.07) is 11.3. The van der Waals surface area contributed by atoms with Crippen LogP contribution in [0.15, 0.2) is 46.0 Å². The average Bonchev–Trinajstić information content (AvgIpc) is 3.34. The number of rotatable bonds is 6. The largest absolute Gasteiger partial charge is 0.497 e. The first kappa shape index (κ1) is 16.6. The van der Waals surface area contributed by atoms with Gasteiger partial charge in [0.15, 0.2) is 11.5 Å². The molecule has 0 saturated heterocycles. The van der Waals surface area contributed by atoms with Gasteiger partial charge in [-0.3, -0.25) is 0 Å². The van der Waals surface area contributed by atoms with E-state index in [1.807, 2.05) is 30.3 Å². The predicted molar refractivity (Wildman–Crippen MR) is 95.0 cm³/mol. The molecule has 0 atom stereocenters. The number of hydrogen-bond acceptors (Lipinski definition) is 8. The number of aromatic nitrogens is 2. The number of thioether (sulfide) groups is 1. The number of ether oxygens (including phenoxy) is 4. The zero-order chi connectivity index (χ0) is 17.9. The van der Waals surface area contributed by atoms with Crippen molar-refractivity contribution < 1.29 is 23.4 Å². The number of nitrogens with zero attached hydrogens (tertiary/aromatic N) is 2. The topological polar surface area (TPSA) is 75.8 Å². The molecule has 0 unspecified atom stereocenters. The first-order valence-corrected chi connectivity index (χ1v) is 8.82. The van der Waals surface area contributed by atoms with E-state index in [1.54, 1.807) is 20.3 Å². The maximum Gasteiger partial charge on any atom is 0.277 e. The van der Waals surface area contributed by atoms with E-state index in [9.17, 15) is 0 Å². The summed E-state index contributed by atoms with van der Waals surface area (Å²) in [6.45, 7) is 0.267. The highest BCUT2D eigenvalue weighted by molar-refractivity contribution is 7.98. The van der Waals surface area contributed by atoms with Gasteiger partial charge in [0.25, 0.3) is 11.1 Å². The third kappa shape index (κ3) is 3.28. The van der Waals surface area contributed by atoms with Crippen LogP contribution in [0.3, 0.4) is 0 Å². The van der Waals surface area contributed by atoms with E-state index < -0.39 is 0 Å². The highest BCUT2D eigenvalue weighted by atomic mass is 32.2. The minimum absolute atomic E-state index is 0.267. The fourth-order valence-corrected chi connectivity index (χ4v) is 3.23. The Morgan fingerprint density at radius 1 is 1.00 bits per heavy atom. The maximum atomic E-state index is 5.76. The molecule has 26 heavy (non-hydrogen) atoms. The maximum absolute atomic E-state index is 5.76. The first-order chi connectivity index (χ1) is 12.8. The normalized spacial score (nSPS) is 12.2. The van der Waals surface area contributed by atoms with Gasteiger partial charge in [0.2, 0.25) is 6.79 Å². The van der Waals surface area contributed by atoms with E-state index in [0.717, 1.165) is 22.6 Å². The molecule has 4 rings (SSSR count). The van der Waals surface area contributed by atoms with Gasteiger partial charge in [-0.25, -0.2) is 0 Å². The van der Waals surface area contributed by atoms with Gasteiger partial charge in [-0.15, -0.1) is 10.2 Å². The second kappa shape index (κ2) is 7.17. The molecule has 1 aliphatic heterocycles. The molecule has 2 heterocycles. The Morgan fingerprint density at radius 3 is 2.73 bits per heavy atom.